The summed E-state index contributed by atoms with van der Waals surface area (Å²) in [6.45, 7) is 3.80. The van der Waals surface area contributed by atoms with Gasteiger partial charge in [-0.2, -0.15) is 4.98 Å². The Morgan fingerprint density at radius 1 is 1.27 bits per heavy atom. The third kappa shape index (κ3) is 3.48. The van der Waals surface area contributed by atoms with Crippen LogP contribution in [0.5, 0.6) is 0 Å². The van der Waals surface area contributed by atoms with Crippen molar-refractivity contribution in [1.29, 1.82) is 0 Å². The molecule has 0 saturated carbocycles. The number of anilines is 1. The van der Waals surface area contributed by atoms with E-state index in [0.717, 1.165) is 29.9 Å². The molecule has 26 heavy (non-hydrogen) atoms. The van der Waals surface area contributed by atoms with Crippen molar-refractivity contribution in [2.75, 3.05) is 25.0 Å². The molecule has 3 heterocycles. The van der Waals surface area contributed by atoms with Crippen LogP contribution in [0.15, 0.2) is 53.3 Å². The number of hydrogen-bond donors (Lipinski definition) is 1. The lowest BCUT2D eigenvalue weighted by Gasteiger charge is -2.36. The molecule has 4 rings (SSSR count). The number of aromatic nitrogens is 3. The summed E-state index contributed by atoms with van der Waals surface area (Å²) in [4.78, 5) is 22.8. The number of rotatable bonds is 5. The highest BCUT2D eigenvalue weighted by molar-refractivity contribution is 5.93. The van der Waals surface area contributed by atoms with Crippen molar-refractivity contribution < 1.29 is 9.32 Å². The summed E-state index contributed by atoms with van der Waals surface area (Å²) < 4.78 is 5.37. The number of benzene rings is 1. The van der Waals surface area contributed by atoms with Gasteiger partial charge in [-0.3, -0.25) is 14.7 Å². The fourth-order valence-electron chi connectivity index (χ4n) is 2.97. The van der Waals surface area contributed by atoms with Crippen molar-refractivity contribution in [3.8, 4) is 11.4 Å². The van der Waals surface area contributed by atoms with Crippen LogP contribution in [0.25, 0.3) is 11.4 Å². The van der Waals surface area contributed by atoms with Crippen LogP contribution in [0.2, 0.25) is 0 Å². The van der Waals surface area contributed by atoms with Gasteiger partial charge in [0.2, 0.25) is 17.6 Å². The van der Waals surface area contributed by atoms with Crippen molar-refractivity contribution in [3.63, 3.8) is 0 Å². The van der Waals surface area contributed by atoms with Gasteiger partial charge in [-0.05, 0) is 30.7 Å². The molecule has 1 N–H and O–H groups in total. The Morgan fingerprint density at radius 3 is 2.88 bits per heavy atom. The van der Waals surface area contributed by atoms with E-state index in [4.69, 9.17) is 4.52 Å². The number of aryl methyl sites for hydroxylation is 1. The van der Waals surface area contributed by atoms with Gasteiger partial charge >= 0.3 is 0 Å². The molecule has 0 aliphatic carbocycles. The zero-order valence-electron chi connectivity index (χ0n) is 14.4. The molecule has 2 aromatic heterocycles. The molecular formula is C19H19N5O2. The van der Waals surface area contributed by atoms with E-state index in [2.05, 4.69) is 25.3 Å². The van der Waals surface area contributed by atoms with Gasteiger partial charge in [-0.1, -0.05) is 23.4 Å². The fraction of sp³-hybridized carbons (Fsp3) is 0.263. The van der Waals surface area contributed by atoms with Gasteiger partial charge in [0.05, 0.1) is 12.5 Å². The first-order valence-electron chi connectivity index (χ1n) is 8.51. The summed E-state index contributed by atoms with van der Waals surface area (Å²) >= 11 is 0. The van der Waals surface area contributed by atoms with Crippen LogP contribution in [-0.4, -0.2) is 45.6 Å². The maximum Gasteiger partial charge on any atom is 0.238 e. The van der Waals surface area contributed by atoms with Gasteiger partial charge in [-0.25, -0.2) is 0 Å². The lowest BCUT2D eigenvalue weighted by molar-refractivity contribution is -0.118. The lowest BCUT2D eigenvalue weighted by Crippen LogP contribution is -2.48. The summed E-state index contributed by atoms with van der Waals surface area (Å²) in [6, 6.07) is 11.5. The molecule has 3 aromatic rings. The predicted octanol–water partition coefficient (Wildman–Crippen LogP) is 2.48. The van der Waals surface area contributed by atoms with E-state index in [1.807, 2.05) is 43.3 Å². The molecule has 0 bridgehead atoms. The first-order valence-corrected chi connectivity index (χ1v) is 8.51. The largest absolute Gasteiger partial charge is 0.339 e. The van der Waals surface area contributed by atoms with Crippen LogP contribution in [0.3, 0.4) is 0 Å². The molecule has 7 heteroatoms. The molecule has 1 aromatic carbocycles. The van der Waals surface area contributed by atoms with Crippen LogP contribution < -0.4 is 5.32 Å². The highest BCUT2D eigenvalue weighted by atomic mass is 16.5. The van der Waals surface area contributed by atoms with Crippen LogP contribution >= 0.6 is 0 Å². The second-order valence-corrected chi connectivity index (χ2v) is 6.45. The lowest BCUT2D eigenvalue weighted by atomic mass is 10.0. The second-order valence-electron chi connectivity index (χ2n) is 6.45. The van der Waals surface area contributed by atoms with Gasteiger partial charge in [-0.15, -0.1) is 0 Å². The Hall–Kier alpha value is -3.06. The number of nitrogens with zero attached hydrogens (tertiary/aromatic N) is 4. The van der Waals surface area contributed by atoms with Crippen LogP contribution in [0.4, 0.5) is 5.69 Å². The highest BCUT2D eigenvalue weighted by Gasteiger charge is 2.33. The maximum absolute atomic E-state index is 12.2. The molecule has 1 fully saturated rings. The Balaban J connectivity index is 1.30. The van der Waals surface area contributed by atoms with Crippen molar-refractivity contribution in [2.45, 2.75) is 12.8 Å². The third-order valence-electron chi connectivity index (χ3n) is 4.45. The number of hydrogen-bond acceptors (Lipinski definition) is 6. The van der Waals surface area contributed by atoms with Crippen LogP contribution in [-0.2, 0) is 4.79 Å². The zero-order valence-corrected chi connectivity index (χ0v) is 14.4. The van der Waals surface area contributed by atoms with E-state index in [1.165, 1.54) is 0 Å². The number of amides is 1. The minimum atomic E-state index is -0.0145. The number of pyridine rings is 1. The highest BCUT2D eigenvalue weighted by Crippen LogP contribution is 2.27. The first kappa shape index (κ1) is 16.4. The number of para-hydroxylation sites is 1. The number of carbonyl (C=O) groups excluding carboxylic acids is 1. The van der Waals surface area contributed by atoms with Gasteiger partial charge in [0.15, 0.2) is 0 Å². The van der Waals surface area contributed by atoms with E-state index in [0.29, 0.717) is 18.3 Å². The van der Waals surface area contributed by atoms with Gasteiger partial charge in [0.1, 0.15) is 0 Å². The van der Waals surface area contributed by atoms with Crippen LogP contribution in [0, 0.1) is 6.92 Å². The molecule has 0 radical (unpaired) electrons. The summed E-state index contributed by atoms with van der Waals surface area (Å²) in [5.74, 6) is 1.31. The SMILES string of the molecule is Cc1ccccc1NC(=O)CN1CC(c2nc(-c3cccnc3)no2)C1. The molecule has 1 saturated heterocycles. The topological polar surface area (TPSA) is 84.2 Å². The van der Waals surface area contributed by atoms with Crippen molar-refractivity contribution >= 4 is 11.6 Å². The van der Waals surface area contributed by atoms with E-state index < -0.39 is 0 Å². The number of carbonyl (C=O) groups is 1. The quantitative estimate of drug-likeness (QED) is 0.762. The standard InChI is InChI=1S/C19H19N5O2/c1-13-5-2-3-7-16(13)21-17(25)12-24-10-15(11-24)19-22-18(23-26-19)14-6-4-8-20-9-14/h2-9,15H,10-12H2,1H3,(H,21,25). The van der Waals surface area contributed by atoms with E-state index in [9.17, 15) is 4.79 Å². The van der Waals surface area contributed by atoms with Crippen molar-refractivity contribution in [2.24, 2.45) is 0 Å². The van der Waals surface area contributed by atoms with Crippen LogP contribution in [0.1, 0.15) is 17.4 Å². The number of nitrogens with one attached hydrogen (secondary N) is 1. The first-order chi connectivity index (χ1) is 12.7. The van der Waals surface area contributed by atoms with Crippen molar-refractivity contribution in [1.82, 2.24) is 20.0 Å². The minimum Gasteiger partial charge on any atom is -0.339 e. The predicted molar refractivity (Wildman–Crippen MR) is 96.5 cm³/mol. The van der Waals surface area contributed by atoms with Gasteiger partial charge in [0, 0.05) is 36.7 Å². The van der Waals surface area contributed by atoms with E-state index in [1.54, 1.807) is 12.4 Å². The van der Waals surface area contributed by atoms with E-state index in [-0.39, 0.29) is 11.8 Å². The Labute approximate surface area is 151 Å². The Morgan fingerprint density at radius 2 is 2.12 bits per heavy atom. The molecule has 1 aliphatic heterocycles. The minimum absolute atomic E-state index is 0.0145. The number of likely N-dealkylation sites (tertiary alicyclic amines) is 1. The average molecular weight is 349 g/mol. The normalized spacial score (nSPS) is 14.8. The maximum atomic E-state index is 12.2. The monoisotopic (exact) mass is 349 g/mol. The molecule has 0 unspecified atom stereocenters. The zero-order chi connectivity index (χ0) is 17.9. The van der Waals surface area contributed by atoms with Crippen molar-refractivity contribution in [3.05, 3.63) is 60.2 Å². The fourth-order valence-corrected chi connectivity index (χ4v) is 2.97. The average Bonchev–Trinajstić information content (AvgIpc) is 3.10. The summed E-state index contributed by atoms with van der Waals surface area (Å²) in [7, 11) is 0. The third-order valence-corrected chi connectivity index (χ3v) is 4.45. The smallest absolute Gasteiger partial charge is 0.238 e. The van der Waals surface area contributed by atoms with E-state index >= 15 is 0 Å². The summed E-state index contributed by atoms with van der Waals surface area (Å²) in [5.41, 5.74) is 2.74. The molecule has 1 amide bonds. The van der Waals surface area contributed by atoms with Gasteiger partial charge in [0.25, 0.3) is 0 Å². The summed E-state index contributed by atoms with van der Waals surface area (Å²) in [6.07, 6.45) is 3.41. The molecule has 7 nitrogen and oxygen atoms in total. The molecule has 1 aliphatic rings. The molecule has 132 valence electrons. The van der Waals surface area contributed by atoms with Gasteiger partial charge < -0.3 is 9.84 Å². The second kappa shape index (κ2) is 7.05. The molecule has 0 spiro atoms. The molecular weight excluding hydrogens is 330 g/mol. The molecule has 0 atom stereocenters. The summed E-state index contributed by atoms with van der Waals surface area (Å²) in [5, 5.41) is 6.97. The Bertz CT molecular complexity index is 903. The Kier molecular flexibility index (Phi) is 4.45.